The molecule has 0 amide bonds. The van der Waals surface area contributed by atoms with E-state index in [-0.39, 0.29) is 0 Å². The molecule has 1 aromatic heterocycles. The topological polar surface area (TPSA) is 57.0 Å². The molecule has 0 atom stereocenters. The minimum Gasteiger partial charge on any atom is -0.399 e. The van der Waals surface area contributed by atoms with Crippen LogP contribution in [0.2, 0.25) is 0 Å². The summed E-state index contributed by atoms with van der Waals surface area (Å²) in [6.45, 7) is 0. The number of hydrogen-bond donors (Lipinski definition) is 2. The lowest BCUT2D eigenvalue weighted by molar-refractivity contribution is 1.26. The molecule has 0 unspecified atom stereocenters. The molecule has 0 aliphatic rings. The summed E-state index contributed by atoms with van der Waals surface area (Å²) in [5, 5.41) is 0. The summed E-state index contributed by atoms with van der Waals surface area (Å²) in [6, 6.07) is 20.1. The Morgan fingerprint density at radius 1 is 0.600 bits per heavy atom. The average Bonchev–Trinajstić information content (AvgIpc) is 2.83. The van der Waals surface area contributed by atoms with Gasteiger partial charge in [0.2, 0.25) is 7.98 Å². The highest BCUT2D eigenvalue weighted by atomic mass is 14.9. The van der Waals surface area contributed by atoms with Crippen molar-refractivity contribution in [1.29, 1.82) is 0 Å². The highest BCUT2D eigenvalue weighted by molar-refractivity contribution is 6.11. The Balaban J connectivity index is 2.04. The highest BCUT2D eigenvalue weighted by Gasteiger charge is 2.08. The van der Waals surface area contributed by atoms with Crippen molar-refractivity contribution in [3.63, 3.8) is 0 Å². The summed E-state index contributed by atoms with van der Waals surface area (Å²) in [7, 11) is 2.07. The molecule has 0 fully saturated rings. The largest absolute Gasteiger partial charge is 0.399 e. The minimum atomic E-state index is 0.779. The number of nitrogens with zero attached hydrogens (tertiary/aromatic N) is 1. The normalized spacial score (nSPS) is 10.6. The van der Waals surface area contributed by atoms with Gasteiger partial charge >= 0.3 is 0 Å². The van der Waals surface area contributed by atoms with E-state index in [1.54, 1.807) is 0 Å². The monoisotopic (exact) mass is 261 g/mol. The van der Waals surface area contributed by atoms with Gasteiger partial charge in [0, 0.05) is 22.8 Å². The van der Waals surface area contributed by atoms with Crippen molar-refractivity contribution in [2.24, 2.45) is 0 Å². The van der Waals surface area contributed by atoms with Crippen LogP contribution in [0.15, 0.2) is 60.7 Å². The summed E-state index contributed by atoms with van der Waals surface area (Å²) in [5.41, 5.74) is 17.7. The van der Waals surface area contributed by atoms with Gasteiger partial charge in [-0.15, -0.1) is 0 Å². The van der Waals surface area contributed by atoms with Crippen molar-refractivity contribution >= 4 is 19.4 Å². The maximum atomic E-state index is 5.73. The van der Waals surface area contributed by atoms with E-state index in [9.17, 15) is 0 Å². The number of anilines is 2. The Bertz CT molecular complexity index is 664. The van der Waals surface area contributed by atoms with Gasteiger partial charge in [-0.05, 0) is 47.5 Å². The number of aromatic nitrogens is 1. The molecular weight excluding hydrogens is 245 g/mol. The number of nitrogens with two attached hydrogens (primary N) is 2. The van der Waals surface area contributed by atoms with Crippen LogP contribution in [0.25, 0.3) is 22.5 Å². The van der Waals surface area contributed by atoms with E-state index in [0.29, 0.717) is 0 Å². The number of hydrogen-bond acceptors (Lipinski definition) is 2. The molecule has 0 saturated heterocycles. The molecule has 98 valence electrons. The molecule has 3 rings (SSSR count). The molecule has 0 aliphatic carbocycles. The number of rotatable bonds is 2. The smallest absolute Gasteiger partial charge is 0.223 e. The van der Waals surface area contributed by atoms with Gasteiger partial charge in [0.15, 0.2) is 0 Å². The standard InChI is InChI=1S/C16H16BN3/c17-20-15(11-1-5-13(18)6-2-11)9-10-16(20)12-3-7-14(19)8-4-12/h1-10H,17-19H2. The first-order valence-corrected chi connectivity index (χ1v) is 6.53. The van der Waals surface area contributed by atoms with Crippen molar-refractivity contribution in [1.82, 2.24) is 4.48 Å². The predicted molar refractivity (Wildman–Crippen MR) is 88.1 cm³/mol. The molecule has 2 aromatic carbocycles. The first kappa shape index (κ1) is 12.4. The summed E-state index contributed by atoms with van der Waals surface area (Å²) in [4.78, 5) is 0. The summed E-state index contributed by atoms with van der Waals surface area (Å²) in [5.74, 6) is 0. The van der Waals surface area contributed by atoms with Crippen molar-refractivity contribution in [3.8, 4) is 22.5 Å². The van der Waals surface area contributed by atoms with Crippen molar-refractivity contribution < 1.29 is 0 Å². The summed E-state index contributed by atoms with van der Waals surface area (Å²) >= 11 is 0. The van der Waals surface area contributed by atoms with E-state index in [1.165, 1.54) is 0 Å². The molecule has 4 heteroatoms. The summed E-state index contributed by atoms with van der Waals surface area (Å²) < 4.78 is 2.18. The zero-order chi connectivity index (χ0) is 14.1. The van der Waals surface area contributed by atoms with E-state index in [1.807, 2.05) is 48.5 Å². The van der Waals surface area contributed by atoms with Crippen LogP contribution in [0.5, 0.6) is 0 Å². The van der Waals surface area contributed by atoms with Gasteiger partial charge in [0.25, 0.3) is 0 Å². The molecule has 20 heavy (non-hydrogen) atoms. The van der Waals surface area contributed by atoms with E-state index in [4.69, 9.17) is 11.5 Å². The Hall–Kier alpha value is -2.62. The van der Waals surface area contributed by atoms with E-state index < -0.39 is 0 Å². The van der Waals surface area contributed by atoms with Crippen LogP contribution in [0.1, 0.15) is 0 Å². The van der Waals surface area contributed by atoms with Crippen LogP contribution in [0, 0.1) is 0 Å². The predicted octanol–water partition coefficient (Wildman–Crippen LogP) is 2.38. The quantitative estimate of drug-likeness (QED) is 0.549. The molecule has 0 aliphatic heterocycles. The maximum absolute atomic E-state index is 5.73. The van der Waals surface area contributed by atoms with Gasteiger partial charge in [-0.2, -0.15) is 0 Å². The Kier molecular flexibility index (Phi) is 2.99. The lowest BCUT2D eigenvalue weighted by Crippen LogP contribution is -1.97. The van der Waals surface area contributed by atoms with Crippen LogP contribution in [0.3, 0.4) is 0 Å². The molecule has 3 nitrogen and oxygen atoms in total. The second-order valence-electron chi connectivity index (χ2n) is 4.91. The van der Waals surface area contributed by atoms with Crippen LogP contribution < -0.4 is 11.5 Å². The second kappa shape index (κ2) is 4.81. The first-order chi connectivity index (χ1) is 9.65. The lowest BCUT2D eigenvalue weighted by Gasteiger charge is -2.09. The van der Waals surface area contributed by atoms with E-state index >= 15 is 0 Å². The zero-order valence-corrected chi connectivity index (χ0v) is 11.4. The van der Waals surface area contributed by atoms with Crippen molar-refractivity contribution in [3.05, 3.63) is 60.7 Å². The third kappa shape index (κ3) is 2.16. The van der Waals surface area contributed by atoms with Gasteiger partial charge in [-0.25, -0.2) is 0 Å². The van der Waals surface area contributed by atoms with Gasteiger partial charge in [-0.1, -0.05) is 24.3 Å². The van der Waals surface area contributed by atoms with Crippen LogP contribution in [-0.4, -0.2) is 12.5 Å². The van der Waals surface area contributed by atoms with Crippen LogP contribution in [0.4, 0.5) is 11.4 Å². The fourth-order valence-corrected chi connectivity index (χ4v) is 2.40. The highest BCUT2D eigenvalue weighted by Crippen LogP contribution is 2.28. The number of benzene rings is 2. The SMILES string of the molecule is Bn1c(-c2ccc(N)cc2)ccc1-c1ccc(N)cc1. The van der Waals surface area contributed by atoms with Gasteiger partial charge in [-0.3, -0.25) is 0 Å². The second-order valence-corrected chi connectivity index (χ2v) is 4.91. The molecule has 0 spiro atoms. The molecule has 1 heterocycles. The molecule has 0 radical (unpaired) electrons. The lowest BCUT2D eigenvalue weighted by atomic mass is 10.1. The van der Waals surface area contributed by atoms with E-state index in [2.05, 4.69) is 24.6 Å². The van der Waals surface area contributed by atoms with Crippen molar-refractivity contribution in [2.45, 2.75) is 0 Å². The minimum absolute atomic E-state index is 0.779. The van der Waals surface area contributed by atoms with Crippen LogP contribution >= 0.6 is 0 Å². The van der Waals surface area contributed by atoms with Crippen LogP contribution in [-0.2, 0) is 0 Å². The van der Waals surface area contributed by atoms with Crippen molar-refractivity contribution in [2.75, 3.05) is 11.5 Å². The molecule has 4 N–H and O–H groups in total. The first-order valence-electron chi connectivity index (χ1n) is 6.53. The number of nitrogen functional groups attached to an aromatic ring is 2. The third-order valence-corrected chi connectivity index (χ3v) is 3.53. The fourth-order valence-electron chi connectivity index (χ4n) is 2.40. The Morgan fingerprint density at radius 2 is 0.950 bits per heavy atom. The van der Waals surface area contributed by atoms with Gasteiger partial charge in [0.05, 0.1) is 0 Å². The molecular formula is C16H16BN3. The Morgan fingerprint density at radius 3 is 1.30 bits per heavy atom. The third-order valence-electron chi connectivity index (χ3n) is 3.53. The molecule has 0 bridgehead atoms. The average molecular weight is 261 g/mol. The maximum Gasteiger partial charge on any atom is 0.223 e. The molecule has 3 aromatic rings. The van der Waals surface area contributed by atoms with E-state index in [0.717, 1.165) is 33.9 Å². The zero-order valence-electron chi connectivity index (χ0n) is 11.4. The Labute approximate surface area is 119 Å². The van der Waals surface area contributed by atoms with Gasteiger partial charge < -0.3 is 15.9 Å². The molecule has 0 saturated carbocycles. The summed E-state index contributed by atoms with van der Waals surface area (Å²) in [6.07, 6.45) is 0. The fraction of sp³-hybridized carbons (Fsp3) is 0. The van der Waals surface area contributed by atoms with Gasteiger partial charge in [0.1, 0.15) is 0 Å².